The lowest BCUT2D eigenvalue weighted by molar-refractivity contribution is -0.119. The van der Waals surface area contributed by atoms with Gasteiger partial charge in [0.1, 0.15) is 11.7 Å². The van der Waals surface area contributed by atoms with Gasteiger partial charge in [-0.05, 0) is 88.8 Å². The van der Waals surface area contributed by atoms with Crippen LogP contribution < -0.4 is 10.6 Å². The lowest BCUT2D eigenvalue weighted by atomic mass is 9.88. The van der Waals surface area contributed by atoms with E-state index in [9.17, 15) is 9.59 Å². The lowest BCUT2D eigenvalue weighted by Crippen LogP contribution is -2.50. The Morgan fingerprint density at radius 3 is 2.44 bits per heavy atom. The van der Waals surface area contributed by atoms with E-state index in [2.05, 4.69) is 37.8 Å². The summed E-state index contributed by atoms with van der Waals surface area (Å²) in [6.45, 7) is 8.01. The molecule has 3 aromatic rings. The number of H-pyrrole nitrogens is 1. The monoisotopic (exact) mass is 489 g/mol. The first-order valence-corrected chi connectivity index (χ1v) is 13.0. The van der Waals surface area contributed by atoms with Gasteiger partial charge in [-0.25, -0.2) is 0 Å². The van der Waals surface area contributed by atoms with E-state index in [1.807, 2.05) is 32.9 Å². The van der Waals surface area contributed by atoms with Crippen molar-refractivity contribution in [2.24, 2.45) is 17.8 Å². The number of aromatic nitrogens is 5. The van der Waals surface area contributed by atoms with Gasteiger partial charge in [0.25, 0.3) is 5.91 Å². The minimum atomic E-state index is -0.601. The van der Waals surface area contributed by atoms with E-state index >= 15 is 0 Å². The zero-order chi connectivity index (χ0) is 25.4. The van der Waals surface area contributed by atoms with Crippen LogP contribution in [0.25, 0.3) is 11.3 Å². The van der Waals surface area contributed by atoms with Gasteiger partial charge in [0.15, 0.2) is 0 Å². The number of anilines is 1. The summed E-state index contributed by atoms with van der Waals surface area (Å²) in [4.78, 5) is 31.5. The first kappa shape index (κ1) is 24.2. The summed E-state index contributed by atoms with van der Waals surface area (Å²) in [7, 11) is 0. The van der Waals surface area contributed by atoms with Crippen LogP contribution in [0.5, 0.6) is 0 Å². The first-order chi connectivity index (χ1) is 17.4. The molecule has 9 nitrogen and oxygen atoms in total. The quantitative estimate of drug-likeness (QED) is 0.393. The van der Waals surface area contributed by atoms with Crippen molar-refractivity contribution in [2.75, 3.05) is 5.32 Å². The van der Waals surface area contributed by atoms with Crippen LogP contribution in [0.2, 0.25) is 0 Å². The Bertz CT molecular complexity index is 1220. The molecule has 5 rings (SSSR count). The molecule has 3 heterocycles. The van der Waals surface area contributed by atoms with Crippen molar-refractivity contribution in [1.29, 1.82) is 0 Å². The number of amides is 2. The smallest absolute Gasteiger partial charge is 0.270 e. The summed E-state index contributed by atoms with van der Waals surface area (Å²) in [6.07, 6.45) is 8.57. The van der Waals surface area contributed by atoms with Crippen LogP contribution in [0.15, 0.2) is 30.6 Å². The molecule has 1 atom stereocenters. The molecule has 1 unspecified atom stereocenters. The topological polar surface area (TPSA) is 118 Å². The van der Waals surface area contributed by atoms with Crippen molar-refractivity contribution in [3.05, 3.63) is 47.7 Å². The second-order valence-corrected chi connectivity index (χ2v) is 10.4. The zero-order valence-corrected chi connectivity index (χ0v) is 21.4. The third-order valence-electron chi connectivity index (χ3n) is 7.32. The molecule has 9 heteroatoms. The highest BCUT2D eigenvalue weighted by molar-refractivity contribution is 6.00. The first-order valence-electron chi connectivity index (χ1n) is 13.0. The van der Waals surface area contributed by atoms with Crippen molar-refractivity contribution < 1.29 is 9.59 Å². The third-order valence-corrected chi connectivity index (χ3v) is 7.32. The summed E-state index contributed by atoms with van der Waals surface area (Å²) in [5, 5.41) is 17.8. The number of carbonyl (C=O) groups excluding carboxylic acids is 2. The molecule has 0 aromatic carbocycles. The van der Waals surface area contributed by atoms with Gasteiger partial charge in [-0.15, -0.1) is 0 Å². The third kappa shape index (κ3) is 4.92. The number of rotatable bonds is 10. The molecule has 2 amide bonds. The maximum Gasteiger partial charge on any atom is 0.270 e. The molecule has 2 saturated carbocycles. The van der Waals surface area contributed by atoms with E-state index < -0.39 is 6.04 Å². The standard InChI is InChI=1S/C27H35N7O2/c1-5-20-23(16(4)32-33-20)21-11-10-19(14-28-21)30-27(36)25(24(17-6-7-17)18-8-9-18)31-26(35)22-12-13-29-34(22)15(2)3/h10-15,17-18,24-25H,5-9H2,1-4H3,(H,30,36)(H,31,35)(H,32,33). The van der Waals surface area contributed by atoms with Crippen molar-refractivity contribution in [3.63, 3.8) is 0 Å². The predicted octanol–water partition coefficient (Wildman–Crippen LogP) is 4.29. The Balaban J connectivity index is 1.36. The highest BCUT2D eigenvalue weighted by Crippen LogP contribution is 2.51. The highest BCUT2D eigenvalue weighted by atomic mass is 16.2. The molecule has 2 aliphatic rings. The van der Waals surface area contributed by atoms with Gasteiger partial charge >= 0.3 is 0 Å². The van der Waals surface area contributed by atoms with Gasteiger partial charge in [-0.3, -0.25) is 24.4 Å². The van der Waals surface area contributed by atoms with Crippen LogP contribution in [-0.2, 0) is 11.2 Å². The second kappa shape index (κ2) is 9.87. The number of aryl methyl sites for hydroxylation is 2. The zero-order valence-electron chi connectivity index (χ0n) is 21.4. The SMILES string of the molecule is CCc1n[nH]c(C)c1-c1ccc(NC(=O)C(NC(=O)c2ccnn2C(C)C)C(C2CC2)C2CC2)cn1. The summed E-state index contributed by atoms with van der Waals surface area (Å²) in [5.41, 5.74) is 4.84. The van der Waals surface area contributed by atoms with E-state index in [-0.39, 0.29) is 23.8 Å². The molecule has 0 saturated heterocycles. The van der Waals surface area contributed by atoms with Crippen molar-refractivity contribution in [1.82, 2.24) is 30.3 Å². The number of nitrogens with zero attached hydrogens (tertiary/aromatic N) is 4. The van der Waals surface area contributed by atoms with Crippen LogP contribution in [0.3, 0.4) is 0 Å². The van der Waals surface area contributed by atoms with Crippen LogP contribution in [0.4, 0.5) is 5.69 Å². The lowest BCUT2D eigenvalue weighted by Gasteiger charge is -2.27. The van der Waals surface area contributed by atoms with Crippen LogP contribution >= 0.6 is 0 Å². The molecule has 0 spiro atoms. The van der Waals surface area contributed by atoms with Gasteiger partial charge in [0.05, 0.1) is 23.3 Å². The summed E-state index contributed by atoms with van der Waals surface area (Å²) in [5.74, 6) is 0.674. The number of pyridine rings is 1. The summed E-state index contributed by atoms with van der Waals surface area (Å²) < 4.78 is 1.69. The van der Waals surface area contributed by atoms with Gasteiger partial charge in [-0.2, -0.15) is 10.2 Å². The largest absolute Gasteiger partial charge is 0.339 e. The van der Waals surface area contributed by atoms with E-state index in [4.69, 9.17) is 0 Å². The van der Waals surface area contributed by atoms with E-state index in [0.29, 0.717) is 23.2 Å². The number of hydrogen-bond donors (Lipinski definition) is 3. The van der Waals surface area contributed by atoms with E-state index in [0.717, 1.165) is 54.7 Å². The average Bonchev–Trinajstić information content (AvgIpc) is 3.79. The molecule has 0 radical (unpaired) electrons. The summed E-state index contributed by atoms with van der Waals surface area (Å²) in [6, 6.07) is 4.92. The van der Waals surface area contributed by atoms with Crippen LogP contribution in [0.1, 0.15) is 74.4 Å². The van der Waals surface area contributed by atoms with Gasteiger partial charge in [-0.1, -0.05) is 6.92 Å². The molecule has 2 fully saturated rings. The molecule has 0 aliphatic heterocycles. The normalized spacial score (nSPS) is 16.4. The Kier molecular flexibility index (Phi) is 6.64. The van der Waals surface area contributed by atoms with Crippen molar-refractivity contribution in [3.8, 4) is 11.3 Å². The number of nitrogens with one attached hydrogen (secondary N) is 3. The van der Waals surface area contributed by atoms with Crippen LogP contribution in [-0.4, -0.2) is 42.8 Å². The number of hydrogen-bond acceptors (Lipinski definition) is 5. The molecule has 3 aromatic heterocycles. The fraction of sp³-hybridized carbons (Fsp3) is 0.519. The molecule has 2 aliphatic carbocycles. The van der Waals surface area contributed by atoms with Crippen LogP contribution in [0, 0.1) is 24.7 Å². The molecule has 3 N–H and O–H groups in total. The Hall–Kier alpha value is -3.49. The number of carbonyl (C=O) groups is 2. The molecular formula is C27H35N7O2. The van der Waals surface area contributed by atoms with Gasteiger partial charge in [0, 0.05) is 23.5 Å². The molecule has 190 valence electrons. The summed E-state index contributed by atoms with van der Waals surface area (Å²) >= 11 is 0. The Labute approximate surface area is 211 Å². The number of aromatic amines is 1. The maximum atomic E-state index is 13.6. The van der Waals surface area contributed by atoms with Crippen molar-refractivity contribution in [2.45, 2.75) is 71.9 Å². The van der Waals surface area contributed by atoms with E-state index in [1.54, 1.807) is 23.1 Å². The fourth-order valence-corrected chi connectivity index (χ4v) is 5.26. The maximum absolute atomic E-state index is 13.6. The Morgan fingerprint density at radius 2 is 1.86 bits per heavy atom. The predicted molar refractivity (Wildman–Crippen MR) is 137 cm³/mol. The van der Waals surface area contributed by atoms with Gasteiger partial charge in [0.2, 0.25) is 5.91 Å². The minimum absolute atomic E-state index is 0.0485. The molecule has 0 bridgehead atoms. The fourth-order valence-electron chi connectivity index (χ4n) is 5.26. The molecular weight excluding hydrogens is 454 g/mol. The minimum Gasteiger partial charge on any atom is -0.339 e. The van der Waals surface area contributed by atoms with E-state index in [1.165, 1.54) is 0 Å². The Morgan fingerprint density at radius 1 is 1.14 bits per heavy atom. The van der Waals surface area contributed by atoms with Gasteiger partial charge < -0.3 is 10.6 Å². The highest BCUT2D eigenvalue weighted by Gasteiger charge is 2.48. The second-order valence-electron chi connectivity index (χ2n) is 10.4. The molecule has 36 heavy (non-hydrogen) atoms. The van der Waals surface area contributed by atoms with Crippen molar-refractivity contribution >= 4 is 17.5 Å². The average molecular weight is 490 g/mol.